The van der Waals surface area contributed by atoms with E-state index in [2.05, 4.69) is 20.6 Å². The lowest BCUT2D eigenvalue weighted by atomic mass is 10.3. The van der Waals surface area contributed by atoms with Crippen molar-refractivity contribution in [3.05, 3.63) is 17.5 Å². The number of aromatic nitrogens is 2. The number of nitrogens with one attached hydrogen (secondary N) is 2. The first-order valence-electron chi connectivity index (χ1n) is 5.61. The minimum Gasteiger partial charge on any atom is -0.378 e. The third kappa shape index (κ3) is 3.15. The van der Waals surface area contributed by atoms with Gasteiger partial charge in [-0.25, -0.2) is 9.97 Å². The van der Waals surface area contributed by atoms with Gasteiger partial charge in [-0.3, -0.25) is 0 Å². The Morgan fingerprint density at radius 2 is 2.19 bits per heavy atom. The maximum atomic E-state index is 5.37. The number of morpholine rings is 1. The van der Waals surface area contributed by atoms with Crippen LogP contribution in [0.5, 0.6) is 0 Å². The van der Waals surface area contributed by atoms with Gasteiger partial charge in [0.2, 0.25) is 5.95 Å². The van der Waals surface area contributed by atoms with E-state index in [9.17, 15) is 0 Å². The van der Waals surface area contributed by atoms with Crippen LogP contribution in [0.25, 0.3) is 0 Å². The molecule has 88 valence electrons. The molecule has 1 aliphatic rings. The molecule has 16 heavy (non-hydrogen) atoms. The molecule has 1 aromatic rings. The fraction of sp³-hybridized carbons (Fsp3) is 0.636. The molecular formula is C11H18N4O. The van der Waals surface area contributed by atoms with Crippen LogP contribution >= 0.6 is 0 Å². The number of rotatable bonds is 3. The summed E-state index contributed by atoms with van der Waals surface area (Å²) in [6, 6.07) is 2.31. The van der Waals surface area contributed by atoms with Crippen LogP contribution in [0.15, 0.2) is 6.07 Å². The van der Waals surface area contributed by atoms with Crippen molar-refractivity contribution in [1.29, 1.82) is 0 Å². The SMILES string of the molecule is Cc1cc(C)nc(NCC2COCCN2)n1. The fourth-order valence-electron chi connectivity index (χ4n) is 1.77. The molecule has 0 aromatic carbocycles. The van der Waals surface area contributed by atoms with Crippen molar-refractivity contribution in [2.75, 3.05) is 31.6 Å². The molecule has 1 aromatic heterocycles. The zero-order chi connectivity index (χ0) is 11.4. The van der Waals surface area contributed by atoms with Crippen LogP contribution in [0.1, 0.15) is 11.4 Å². The summed E-state index contributed by atoms with van der Waals surface area (Å²) >= 11 is 0. The Labute approximate surface area is 95.6 Å². The molecule has 2 rings (SSSR count). The van der Waals surface area contributed by atoms with Crippen LogP contribution in [0.4, 0.5) is 5.95 Å². The Balaban J connectivity index is 1.88. The summed E-state index contributed by atoms with van der Waals surface area (Å²) < 4.78 is 5.37. The first-order chi connectivity index (χ1) is 7.74. The van der Waals surface area contributed by atoms with Crippen LogP contribution in [0.3, 0.4) is 0 Å². The Morgan fingerprint density at radius 1 is 1.44 bits per heavy atom. The van der Waals surface area contributed by atoms with Crippen molar-refractivity contribution in [1.82, 2.24) is 15.3 Å². The van der Waals surface area contributed by atoms with Gasteiger partial charge in [0.1, 0.15) is 0 Å². The minimum atomic E-state index is 0.346. The number of anilines is 1. The number of ether oxygens (including phenoxy) is 1. The largest absolute Gasteiger partial charge is 0.378 e. The van der Waals surface area contributed by atoms with Gasteiger partial charge in [0.05, 0.1) is 13.2 Å². The first-order valence-corrected chi connectivity index (χ1v) is 5.61. The average molecular weight is 222 g/mol. The highest BCUT2D eigenvalue weighted by Crippen LogP contribution is 2.04. The normalized spacial score (nSPS) is 20.8. The summed E-state index contributed by atoms with van der Waals surface area (Å²) in [5.41, 5.74) is 1.98. The monoisotopic (exact) mass is 222 g/mol. The number of nitrogens with zero attached hydrogens (tertiary/aromatic N) is 2. The second-order valence-electron chi connectivity index (χ2n) is 4.08. The van der Waals surface area contributed by atoms with Crippen LogP contribution in [0.2, 0.25) is 0 Å². The van der Waals surface area contributed by atoms with E-state index in [0.29, 0.717) is 12.0 Å². The molecule has 0 saturated carbocycles. The van der Waals surface area contributed by atoms with Gasteiger partial charge >= 0.3 is 0 Å². The molecule has 1 atom stereocenters. The lowest BCUT2D eigenvalue weighted by Crippen LogP contribution is -2.45. The third-order valence-electron chi connectivity index (χ3n) is 2.49. The second kappa shape index (κ2) is 5.23. The molecule has 5 heteroatoms. The highest BCUT2D eigenvalue weighted by atomic mass is 16.5. The van der Waals surface area contributed by atoms with Crippen LogP contribution in [-0.4, -0.2) is 42.3 Å². The molecule has 1 fully saturated rings. The first kappa shape index (κ1) is 11.3. The smallest absolute Gasteiger partial charge is 0.223 e. The Hall–Kier alpha value is -1.20. The van der Waals surface area contributed by atoms with Gasteiger partial charge in [-0.1, -0.05) is 0 Å². The minimum absolute atomic E-state index is 0.346. The standard InChI is InChI=1S/C11H18N4O/c1-8-5-9(2)15-11(14-8)13-6-10-7-16-4-3-12-10/h5,10,12H,3-4,6-7H2,1-2H3,(H,13,14,15). The zero-order valence-electron chi connectivity index (χ0n) is 9.79. The van der Waals surface area contributed by atoms with E-state index in [0.717, 1.165) is 37.7 Å². The van der Waals surface area contributed by atoms with E-state index in [1.54, 1.807) is 0 Å². The van der Waals surface area contributed by atoms with Crippen molar-refractivity contribution < 1.29 is 4.74 Å². The van der Waals surface area contributed by atoms with Gasteiger partial charge in [-0.05, 0) is 19.9 Å². The summed E-state index contributed by atoms with van der Waals surface area (Å²) in [5, 5.41) is 6.61. The van der Waals surface area contributed by atoms with Crippen LogP contribution in [0, 0.1) is 13.8 Å². The van der Waals surface area contributed by atoms with Crippen molar-refractivity contribution >= 4 is 5.95 Å². The van der Waals surface area contributed by atoms with Crippen molar-refractivity contribution in [3.63, 3.8) is 0 Å². The predicted octanol–water partition coefficient (Wildman–Crippen LogP) is 0.494. The van der Waals surface area contributed by atoms with E-state index in [1.165, 1.54) is 0 Å². The van der Waals surface area contributed by atoms with E-state index in [4.69, 9.17) is 4.74 Å². The summed E-state index contributed by atoms with van der Waals surface area (Å²) in [6.07, 6.45) is 0. The summed E-state index contributed by atoms with van der Waals surface area (Å²) in [6.45, 7) is 7.21. The average Bonchev–Trinajstić information content (AvgIpc) is 2.27. The maximum Gasteiger partial charge on any atom is 0.223 e. The van der Waals surface area contributed by atoms with Gasteiger partial charge < -0.3 is 15.4 Å². The molecule has 5 nitrogen and oxygen atoms in total. The van der Waals surface area contributed by atoms with Gasteiger partial charge in [0.15, 0.2) is 0 Å². The van der Waals surface area contributed by atoms with E-state index in [1.807, 2.05) is 19.9 Å². The molecule has 2 heterocycles. The quantitative estimate of drug-likeness (QED) is 0.779. The highest BCUT2D eigenvalue weighted by molar-refractivity contribution is 5.27. The molecule has 0 amide bonds. The number of hydrogen-bond donors (Lipinski definition) is 2. The summed E-state index contributed by atoms with van der Waals surface area (Å²) in [4.78, 5) is 8.66. The van der Waals surface area contributed by atoms with Gasteiger partial charge in [0, 0.05) is 30.5 Å². The molecule has 0 bridgehead atoms. The Bertz CT molecular complexity index is 330. The number of hydrogen-bond acceptors (Lipinski definition) is 5. The number of aryl methyl sites for hydroxylation is 2. The Morgan fingerprint density at radius 3 is 2.81 bits per heavy atom. The summed E-state index contributed by atoms with van der Waals surface area (Å²) in [5.74, 6) is 0.699. The lowest BCUT2D eigenvalue weighted by Gasteiger charge is -2.23. The van der Waals surface area contributed by atoms with Gasteiger partial charge in [-0.15, -0.1) is 0 Å². The van der Waals surface area contributed by atoms with Crippen LogP contribution in [-0.2, 0) is 4.74 Å². The van der Waals surface area contributed by atoms with E-state index in [-0.39, 0.29) is 0 Å². The molecule has 0 aliphatic carbocycles. The molecule has 1 unspecified atom stereocenters. The fourth-order valence-corrected chi connectivity index (χ4v) is 1.77. The third-order valence-corrected chi connectivity index (χ3v) is 2.49. The van der Waals surface area contributed by atoms with E-state index < -0.39 is 0 Å². The predicted molar refractivity (Wildman–Crippen MR) is 62.6 cm³/mol. The topological polar surface area (TPSA) is 59.1 Å². The second-order valence-corrected chi connectivity index (χ2v) is 4.08. The molecule has 1 saturated heterocycles. The zero-order valence-corrected chi connectivity index (χ0v) is 9.79. The summed E-state index contributed by atoms with van der Waals surface area (Å²) in [7, 11) is 0. The van der Waals surface area contributed by atoms with Crippen LogP contribution < -0.4 is 10.6 Å². The van der Waals surface area contributed by atoms with Gasteiger partial charge in [0.25, 0.3) is 0 Å². The molecule has 2 N–H and O–H groups in total. The van der Waals surface area contributed by atoms with Gasteiger partial charge in [-0.2, -0.15) is 0 Å². The lowest BCUT2D eigenvalue weighted by molar-refractivity contribution is 0.0806. The molecule has 1 aliphatic heterocycles. The highest BCUT2D eigenvalue weighted by Gasteiger charge is 2.12. The molecular weight excluding hydrogens is 204 g/mol. The molecule has 0 spiro atoms. The maximum absolute atomic E-state index is 5.37. The van der Waals surface area contributed by atoms with Crippen molar-refractivity contribution in [2.45, 2.75) is 19.9 Å². The van der Waals surface area contributed by atoms with Crippen molar-refractivity contribution in [3.8, 4) is 0 Å². The van der Waals surface area contributed by atoms with Crippen molar-refractivity contribution in [2.24, 2.45) is 0 Å². The molecule has 0 radical (unpaired) electrons. The van der Waals surface area contributed by atoms with E-state index >= 15 is 0 Å². The Kier molecular flexibility index (Phi) is 3.69.